The summed E-state index contributed by atoms with van der Waals surface area (Å²) in [6.07, 6.45) is -1.73. The van der Waals surface area contributed by atoms with Crippen LogP contribution in [0.4, 0.5) is 13.6 Å². The minimum absolute atomic E-state index is 0.0454. The first-order valence-corrected chi connectivity index (χ1v) is 6.15. The van der Waals surface area contributed by atoms with Crippen LogP contribution in [0.25, 0.3) is 0 Å². The number of amides is 1. The van der Waals surface area contributed by atoms with Crippen molar-refractivity contribution in [2.24, 2.45) is 0 Å². The van der Waals surface area contributed by atoms with Gasteiger partial charge in [0.1, 0.15) is 11.6 Å². The highest BCUT2D eigenvalue weighted by atomic mass is 19.3. The third-order valence-corrected chi connectivity index (χ3v) is 2.66. The Kier molecular flexibility index (Phi) is 5.27. The molecule has 1 aliphatic heterocycles. The number of esters is 1. The molecular weight excluding hydrogens is 276 g/mol. The quantitative estimate of drug-likeness (QED) is 0.743. The second-order valence-corrected chi connectivity index (χ2v) is 5.43. The predicted molar refractivity (Wildman–Crippen MR) is 64.2 cm³/mol. The maximum Gasteiger partial charge on any atom is 0.411 e. The van der Waals surface area contributed by atoms with Gasteiger partial charge in [0, 0.05) is 6.42 Å². The number of likely N-dealkylation sites (tertiary alicyclic amines) is 1. The van der Waals surface area contributed by atoms with Crippen LogP contribution >= 0.6 is 0 Å². The van der Waals surface area contributed by atoms with Crippen molar-refractivity contribution >= 4 is 12.1 Å². The first kappa shape index (κ1) is 16.6. The van der Waals surface area contributed by atoms with Gasteiger partial charge < -0.3 is 14.2 Å². The van der Waals surface area contributed by atoms with Crippen LogP contribution in [0.5, 0.6) is 0 Å². The summed E-state index contributed by atoms with van der Waals surface area (Å²) in [5.74, 6) is -0.684. The largest absolute Gasteiger partial charge is 0.467 e. The Morgan fingerprint density at radius 2 is 1.90 bits per heavy atom. The highest BCUT2D eigenvalue weighted by Gasteiger charge is 2.43. The zero-order chi connectivity index (χ0) is 15.5. The van der Waals surface area contributed by atoms with Crippen molar-refractivity contribution in [3.05, 3.63) is 0 Å². The highest BCUT2D eigenvalue weighted by Crippen LogP contribution is 2.25. The molecule has 0 aromatic rings. The molecule has 0 aliphatic carbocycles. The lowest BCUT2D eigenvalue weighted by atomic mass is 10.2. The Balaban J connectivity index is 2.79. The summed E-state index contributed by atoms with van der Waals surface area (Å²) in [6.45, 7) is 1.90. The van der Waals surface area contributed by atoms with Crippen LogP contribution in [-0.2, 0) is 19.0 Å². The number of hydrogen-bond acceptors (Lipinski definition) is 5. The molecule has 1 amide bonds. The molecule has 1 unspecified atom stereocenters. The van der Waals surface area contributed by atoms with Crippen molar-refractivity contribution in [1.29, 1.82) is 0 Å². The van der Waals surface area contributed by atoms with E-state index in [1.165, 1.54) is 0 Å². The molecule has 8 heteroatoms. The van der Waals surface area contributed by atoms with Gasteiger partial charge >= 0.3 is 18.7 Å². The van der Waals surface area contributed by atoms with E-state index in [1.54, 1.807) is 20.8 Å². The molecule has 2 atom stereocenters. The van der Waals surface area contributed by atoms with Crippen molar-refractivity contribution in [3.8, 4) is 0 Å². The van der Waals surface area contributed by atoms with E-state index in [1.807, 2.05) is 0 Å². The van der Waals surface area contributed by atoms with E-state index < -0.39 is 36.4 Å². The van der Waals surface area contributed by atoms with E-state index >= 15 is 0 Å². The molecule has 116 valence electrons. The van der Waals surface area contributed by atoms with Gasteiger partial charge in [0.25, 0.3) is 0 Å². The Morgan fingerprint density at radius 1 is 1.30 bits per heavy atom. The first-order chi connectivity index (χ1) is 9.14. The minimum Gasteiger partial charge on any atom is -0.467 e. The van der Waals surface area contributed by atoms with Crippen LogP contribution in [-0.4, -0.2) is 55.0 Å². The van der Waals surface area contributed by atoms with Gasteiger partial charge in [-0.3, -0.25) is 4.90 Å². The lowest BCUT2D eigenvalue weighted by Crippen LogP contribution is -2.44. The molecule has 1 saturated heterocycles. The number of methoxy groups -OCH3 is 1. The summed E-state index contributed by atoms with van der Waals surface area (Å²) in [5.41, 5.74) is -0.751. The van der Waals surface area contributed by atoms with Crippen molar-refractivity contribution in [2.45, 2.75) is 51.6 Å². The van der Waals surface area contributed by atoms with Gasteiger partial charge in [-0.2, -0.15) is 8.78 Å². The smallest absolute Gasteiger partial charge is 0.411 e. The second-order valence-electron chi connectivity index (χ2n) is 5.43. The molecule has 0 saturated carbocycles. The van der Waals surface area contributed by atoms with E-state index in [2.05, 4.69) is 9.47 Å². The molecule has 0 aromatic carbocycles. The topological polar surface area (TPSA) is 65.1 Å². The molecule has 0 spiro atoms. The van der Waals surface area contributed by atoms with Crippen molar-refractivity contribution in [3.63, 3.8) is 0 Å². The molecule has 0 radical (unpaired) electrons. The SMILES string of the molecule is COC(=O)C1C[C@@H](OC(F)F)CN1C(=O)OC(C)(C)C. The van der Waals surface area contributed by atoms with Crippen LogP contribution in [0.15, 0.2) is 0 Å². The Morgan fingerprint density at radius 3 is 2.35 bits per heavy atom. The maximum atomic E-state index is 12.2. The third-order valence-electron chi connectivity index (χ3n) is 2.66. The number of alkyl halides is 2. The second kappa shape index (κ2) is 6.34. The zero-order valence-corrected chi connectivity index (χ0v) is 11.9. The van der Waals surface area contributed by atoms with E-state index in [4.69, 9.17) is 4.74 Å². The summed E-state index contributed by atoms with van der Waals surface area (Å²) in [7, 11) is 1.16. The first-order valence-electron chi connectivity index (χ1n) is 6.15. The van der Waals surface area contributed by atoms with Gasteiger partial charge in [0.05, 0.1) is 19.8 Å². The minimum atomic E-state index is -2.96. The normalized spacial score (nSPS) is 23.1. The van der Waals surface area contributed by atoms with Crippen LogP contribution < -0.4 is 0 Å². The van der Waals surface area contributed by atoms with Crippen molar-refractivity contribution < 1.29 is 32.6 Å². The summed E-state index contributed by atoms with van der Waals surface area (Å²) in [5, 5.41) is 0. The van der Waals surface area contributed by atoms with Gasteiger partial charge in [-0.05, 0) is 20.8 Å². The van der Waals surface area contributed by atoms with E-state index in [0.717, 1.165) is 12.0 Å². The molecule has 1 aliphatic rings. The summed E-state index contributed by atoms with van der Waals surface area (Å²) >= 11 is 0. The number of nitrogens with zero attached hydrogens (tertiary/aromatic N) is 1. The predicted octanol–water partition coefficient (Wildman–Crippen LogP) is 1.78. The van der Waals surface area contributed by atoms with Crippen molar-refractivity contribution in [1.82, 2.24) is 4.90 Å². The number of ether oxygens (including phenoxy) is 3. The van der Waals surface area contributed by atoms with Gasteiger partial charge in [0.2, 0.25) is 0 Å². The van der Waals surface area contributed by atoms with E-state index in [9.17, 15) is 18.4 Å². The standard InChI is InChI=1S/C12H19F2NO5/c1-12(2,3)20-11(17)15-6-7(19-10(13)14)5-8(15)9(16)18-4/h7-8,10H,5-6H2,1-4H3/t7-,8?/m1/s1. The average Bonchev–Trinajstić information content (AvgIpc) is 2.68. The molecule has 0 bridgehead atoms. The summed E-state index contributed by atoms with van der Waals surface area (Å²) < 4.78 is 38.5. The van der Waals surface area contributed by atoms with Gasteiger partial charge in [0.15, 0.2) is 0 Å². The molecule has 0 N–H and O–H groups in total. The number of hydrogen-bond donors (Lipinski definition) is 0. The van der Waals surface area contributed by atoms with E-state index in [-0.39, 0.29) is 13.0 Å². The fourth-order valence-electron chi connectivity index (χ4n) is 1.92. The van der Waals surface area contributed by atoms with Crippen LogP contribution in [0.1, 0.15) is 27.2 Å². The molecule has 6 nitrogen and oxygen atoms in total. The summed E-state index contributed by atoms with van der Waals surface area (Å²) in [6, 6.07) is -0.974. The molecular formula is C12H19F2NO5. The van der Waals surface area contributed by atoms with Crippen LogP contribution in [0, 0.1) is 0 Å². The molecule has 20 heavy (non-hydrogen) atoms. The molecule has 1 fully saturated rings. The van der Waals surface area contributed by atoms with Crippen LogP contribution in [0.2, 0.25) is 0 Å². The lowest BCUT2D eigenvalue weighted by molar-refractivity contribution is -0.159. The number of carbonyl (C=O) groups is 2. The average molecular weight is 295 g/mol. The maximum absolute atomic E-state index is 12.2. The highest BCUT2D eigenvalue weighted by molar-refractivity contribution is 5.82. The number of halogens is 2. The fraction of sp³-hybridized carbons (Fsp3) is 0.833. The van der Waals surface area contributed by atoms with E-state index in [0.29, 0.717) is 0 Å². The fourth-order valence-corrected chi connectivity index (χ4v) is 1.92. The zero-order valence-electron chi connectivity index (χ0n) is 11.9. The number of carbonyl (C=O) groups excluding carboxylic acids is 2. The molecule has 1 heterocycles. The van der Waals surface area contributed by atoms with Gasteiger partial charge in [-0.25, -0.2) is 9.59 Å². The molecule has 0 aromatic heterocycles. The van der Waals surface area contributed by atoms with Crippen molar-refractivity contribution in [2.75, 3.05) is 13.7 Å². The lowest BCUT2D eigenvalue weighted by Gasteiger charge is -2.27. The Bertz CT molecular complexity index is 369. The Hall–Kier alpha value is -1.44. The number of rotatable bonds is 3. The van der Waals surface area contributed by atoms with Gasteiger partial charge in [-0.1, -0.05) is 0 Å². The molecule has 1 rings (SSSR count). The monoisotopic (exact) mass is 295 g/mol. The third kappa shape index (κ3) is 4.59. The Labute approximate surface area is 116 Å². The van der Waals surface area contributed by atoms with Crippen LogP contribution in [0.3, 0.4) is 0 Å². The summed E-state index contributed by atoms with van der Waals surface area (Å²) in [4.78, 5) is 24.6. The van der Waals surface area contributed by atoms with Gasteiger partial charge in [-0.15, -0.1) is 0 Å².